The number of hydrogen-bond donors (Lipinski definition) is 2. The van der Waals surface area contributed by atoms with E-state index < -0.39 is 31.1 Å². The zero-order valence-corrected chi connectivity index (χ0v) is 14.8. The van der Waals surface area contributed by atoms with E-state index in [0.717, 1.165) is 10.5 Å². The van der Waals surface area contributed by atoms with E-state index in [0.29, 0.717) is 11.4 Å². The number of carbonyl (C=O) groups is 1. The standard InChI is InChI=1S/C19H18F2N4O3/c20-19(21)11-25(18(27)10-26)6-4-16(19)28-15-2-1-12(7-14(15)9-22)13-3-5-24-17(23)8-13/h1-3,5,7-8,16,26H,4,6,10-11H2,(H2,23,24)/t16-/m0/s1. The summed E-state index contributed by atoms with van der Waals surface area (Å²) in [5, 5.41) is 18.3. The fourth-order valence-electron chi connectivity index (χ4n) is 3.06. The highest BCUT2D eigenvalue weighted by Crippen LogP contribution is 2.34. The number of carbonyl (C=O) groups excluding carboxylic acids is 1. The van der Waals surface area contributed by atoms with Gasteiger partial charge in [-0.15, -0.1) is 0 Å². The summed E-state index contributed by atoms with van der Waals surface area (Å²) in [7, 11) is 0. The number of ether oxygens (including phenoxy) is 1. The molecule has 28 heavy (non-hydrogen) atoms. The van der Waals surface area contributed by atoms with Gasteiger partial charge >= 0.3 is 5.92 Å². The van der Waals surface area contributed by atoms with Crippen LogP contribution in [0.15, 0.2) is 36.5 Å². The van der Waals surface area contributed by atoms with E-state index in [9.17, 15) is 18.8 Å². The summed E-state index contributed by atoms with van der Waals surface area (Å²) in [6.07, 6.45) is -0.0696. The van der Waals surface area contributed by atoms with Crippen LogP contribution in [0.2, 0.25) is 0 Å². The molecule has 1 aromatic heterocycles. The molecule has 1 aliphatic rings. The molecule has 7 nitrogen and oxygen atoms in total. The molecule has 146 valence electrons. The number of aromatic nitrogens is 1. The summed E-state index contributed by atoms with van der Waals surface area (Å²) in [4.78, 5) is 16.3. The lowest BCUT2D eigenvalue weighted by atomic mass is 10.0. The number of piperidine rings is 1. The molecular formula is C19H18F2N4O3. The van der Waals surface area contributed by atoms with Crippen molar-refractivity contribution in [3.63, 3.8) is 0 Å². The van der Waals surface area contributed by atoms with Gasteiger partial charge in [0.15, 0.2) is 6.10 Å². The Kier molecular flexibility index (Phi) is 5.42. The highest BCUT2D eigenvalue weighted by molar-refractivity contribution is 5.77. The molecule has 2 aromatic rings. The van der Waals surface area contributed by atoms with Gasteiger partial charge in [0, 0.05) is 19.2 Å². The van der Waals surface area contributed by atoms with E-state index in [2.05, 4.69) is 4.98 Å². The molecule has 9 heteroatoms. The number of benzene rings is 1. The lowest BCUT2D eigenvalue weighted by molar-refractivity contribution is -0.161. The summed E-state index contributed by atoms with van der Waals surface area (Å²) >= 11 is 0. The Hall–Kier alpha value is -3.25. The average molecular weight is 388 g/mol. The van der Waals surface area contributed by atoms with Crippen molar-refractivity contribution in [2.24, 2.45) is 0 Å². The molecule has 1 saturated heterocycles. The van der Waals surface area contributed by atoms with Crippen LogP contribution in [0.3, 0.4) is 0 Å². The van der Waals surface area contributed by atoms with Crippen molar-refractivity contribution >= 4 is 11.7 Å². The number of nitrogen functional groups attached to an aromatic ring is 1. The number of rotatable bonds is 4. The normalized spacial score (nSPS) is 18.4. The third-order valence-electron chi connectivity index (χ3n) is 4.51. The van der Waals surface area contributed by atoms with E-state index in [4.69, 9.17) is 15.6 Å². The van der Waals surface area contributed by atoms with Crippen molar-refractivity contribution in [3.8, 4) is 22.9 Å². The van der Waals surface area contributed by atoms with E-state index in [1.165, 1.54) is 18.3 Å². The number of likely N-dealkylation sites (tertiary alicyclic amines) is 1. The van der Waals surface area contributed by atoms with Gasteiger partial charge in [0.25, 0.3) is 0 Å². The minimum atomic E-state index is -3.31. The number of hydrogen-bond acceptors (Lipinski definition) is 6. The lowest BCUT2D eigenvalue weighted by Gasteiger charge is -2.38. The van der Waals surface area contributed by atoms with Gasteiger partial charge in [-0.1, -0.05) is 6.07 Å². The summed E-state index contributed by atoms with van der Waals surface area (Å²) in [6, 6.07) is 9.96. The predicted molar refractivity (Wildman–Crippen MR) is 96.4 cm³/mol. The monoisotopic (exact) mass is 388 g/mol. The number of alkyl halides is 2. The van der Waals surface area contributed by atoms with Crippen LogP contribution in [0.25, 0.3) is 11.1 Å². The van der Waals surface area contributed by atoms with Crippen LogP contribution in [0.5, 0.6) is 5.75 Å². The molecule has 0 unspecified atom stereocenters. The van der Waals surface area contributed by atoms with Crippen LogP contribution in [-0.2, 0) is 4.79 Å². The van der Waals surface area contributed by atoms with Crippen molar-refractivity contribution in [2.45, 2.75) is 18.4 Å². The van der Waals surface area contributed by atoms with Gasteiger partial charge in [-0.2, -0.15) is 5.26 Å². The van der Waals surface area contributed by atoms with Crippen molar-refractivity contribution in [3.05, 3.63) is 42.1 Å². The number of aliphatic hydroxyl groups is 1. The summed E-state index contributed by atoms with van der Waals surface area (Å²) in [5.41, 5.74) is 7.18. The zero-order chi connectivity index (χ0) is 20.3. The Balaban J connectivity index is 1.81. The van der Waals surface area contributed by atoms with E-state index >= 15 is 0 Å². The fraction of sp³-hybridized carbons (Fsp3) is 0.316. The van der Waals surface area contributed by atoms with Crippen molar-refractivity contribution in [1.82, 2.24) is 9.88 Å². The highest BCUT2D eigenvalue weighted by Gasteiger charge is 2.47. The van der Waals surface area contributed by atoms with Gasteiger partial charge in [0.05, 0.1) is 12.1 Å². The Bertz CT molecular complexity index is 930. The number of halogens is 2. The SMILES string of the molecule is N#Cc1cc(-c2ccnc(N)c2)ccc1O[C@H]1CCN(C(=O)CO)CC1(F)F. The number of aliphatic hydroxyl groups excluding tert-OH is 1. The first-order valence-electron chi connectivity index (χ1n) is 8.53. The second kappa shape index (κ2) is 7.78. The highest BCUT2D eigenvalue weighted by atomic mass is 19.3. The number of nitrogens with zero attached hydrogens (tertiary/aromatic N) is 3. The average Bonchev–Trinajstić information content (AvgIpc) is 2.68. The molecule has 0 radical (unpaired) electrons. The molecule has 3 N–H and O–H groups in total. The maximum absolute atomic E-state index is 14.4. The van der Waals surface area contributed by atoms with Gasteiger partial charge in [-0.3, -0.25) is 4.79 Å². The number of pyridine rings is 1. The van der Waals surface area contributed by atoms with E-state index in [1.54, 1.807) is 18.2 Å². The molecular weight excluding hydrogens is 370 g/mol. The molecule has 1 aliphatic heterocycles. The molecule has 1 amide bonds. The van der Waals surface area contributed by atoms with Gasteiger partial charge < -0.3 is 20.5 Å². The Labute approximate surface area is 160 Å². The number of anilines is 1. The molecule has 0 spiro atoms. The molecule has 0 bridgehead atoms. The molecule has 1 atom stereocenters. The smallest absolute Gasteiger partial charge is 0.301 e. The van der Waals surface area contributed by atoms with Crippen LogP contribution in [0, 0.1) is 11.3 Å². The van der Waals surface area contributed by atoms with Crippen LogP contribution in [0.1, 0.15) is 12.0 Å². The van der Waals surface area contributed by atoms with Gasteiger partial charge in [0.1, 0.15) is 24.2 Å². The Morgan fingerprint density at radius 1 is 1.39 bits per heavy atom. The summed E-state index contributed by atoms with van der Waals surface area (Å²) in [5.74, 6) is -3.70. The first-order valence-corrected chi connectivity index (χ1v) is 8.53. The van der Waals surface area contributed by atoms with Crippen LogP contribution in [-0.4, -0.2) is 52.6 Å². The van der Waals surface area contributed by atoms with E-state index in [-0.39, 0.29) is 24.3 Å². The van der Waals surface area contributed by atoms with Gasteiger partial charge in [-0.05, 0) is 35.4 Å². The van der Waals surface area contributed by atoms with E-state index in [1.807, 2.05) is 6.07 Å². The molecule has 0 aliphatic carbocycles. The van der Waals surface area contributed by atoms with Crippen molar-refractivity contribution in [1.29, 1.82) is 5.26 Å². The van der Waals surface area contributed by atoms with Crippen molar-refractivity contribution < 1.29 is 23.4 Å². The van der Waals surface area contributed by atoms with Crippen molar-refractivity contribution in [2.75, 3.05) is 25.4 Å². The van der Waals surface area contributed by atoms with Gasteiger partial charge in [0.2, 0.25) is 5.91 Å². The fourth-order valence-corrected chi connectivity index (χ4v) is 3.06. The molecule has 1 aromatic carbocycles. The second-order valence-corrected chi connectivity index (χ2v) is 6.42. The molecule has 3 rings (SSSR count). The largest absolute Gasteiger partial charge is 0.483 e. The maximum Gasteiger partial charge on any atom is 0.301 e. The van der Waals surface area contributed by atoms with Gasteiger partial charge in [-0.25, -0.2) is 13.8 Å². The second-order valence-electron chi connectivity index (χ2n) is 6.42. The quantitative estimate of drug-likeness (QED) is 0.826. The summed E-state index contributed by atoms with van der Waals surface area (Å²) < 4.78 is 34.3. The maximum atomic E-state index is 14.4. The van der Waals surface area contributed by atoms with Crippen LogP contribution < -0.4 is 10.5 Å². The molecule has 2 heterocycles. The lowest BCUT2D eigenvalue weighted by Crippen LogP contribution is -2.55. The van der Waals surface area contributed by atoms with Crippen LogP contribution in [0.4, 0.5) is 14.6 Å². The number of nitrogens with two attached hydrogens (primary N) is 1. The first-order chi connectivity index (χ1) is 13.3. The third kappa shape index (κ3) is 4.02. The third-order valence-corrected chi connectivity index (χ3v) is 4.51. The summed E-state index contributed by atoms with van der Waals surface area (Å²) in [6.45, 7) is -1.62. The minimum absolute atomic E-state index is 0.0376. The Morgan fingerprint density at radius 2 is 2.14 bits per heavy atom. The minimum Gasteiger partial charge on any atom is -0.483 e. The zero-order valence-electron chi connectivity index (χ0n) is 14.8. The first kappa shape index (κ1) is 19.5. The number of nitriles is 1. The Morgan fingerprint density at radius 3 is 2.79 bits per heavy atom. The van der Waals surface area contributed by atoms with Crippen LogP contribution >= 0.6 is 0 Å². The molecule has 1 fully saturated rings. The molecule has 0 saturated carbocycles. The topological polar surface area (TPSA) is 112 Å². The number of amides is 1. The predicted octanol–water partition coefficient (Wildman–Crippen LogP) is 1.81.